The lowest BCUT2D eigenvalue weighted by atomic mass is 9.91. The summed E-state index contributed by atoms with van der Waals surface area (Å²) in [5.41, 5.74) is 1.56. The quantitative estimate of drug-likeness (QED) is 0.691. The van der Waals surface area contributed by atoms with Crippen LogP contribution in [0.5, 0.6) is 0 Å². The van der Waals surface area contributed by atoms with E-state index in [1.807, 2.05) is 35.2 Å². The molecule has 0 radical (unpaired) electrons. The first-order chi connectivity index (χ1) is 16.0. The molecule has 0 atom stereocenters. The number of Topliss-reactive ketones (excluding diaryl/α,β-unsaturated/α-hetero) is 2. The van der Waals surface area contributed by atoms with Crippen molar-refractivity contribution in [3.05, 3.63) is 76.3 Å². The average molecular weight is 466 g/mol. The third-order valence-corrected chi connectivity index (χ3v) is 8.62. The number of para-hydroxylation sites is 1. The highest BCUT2D eigenvalue weighted by molar-refractivity contribution is 7.94. The van der Waals surface area contributed by atoms with Gasteiger partial charge in [-0.2, -0.15) is 4.31 Å². The smallest absolute Gasteiger partial charge is 0.249 e. The Labute approximate surface area is 194 Å². The monoisotopic (exact) mass is 465 g/mol. The Hall–Kier alpha value is -2.97. The zero-order valence-electron chi connectivity index (χ0n) is 18.4. The third kappa shape index (κ3) is 3.87. The van der Waals surface area contributed by atoms with Gasteiger partial charge in [0.25, 0.3) is 0 Å². The van der Waals surface area contributed by atoms with Crippen molar-refractivity contribution in [2.75, 3.05) is 44.2 Å². The molecule has 0 unspecified atom stereocenters. The molecule has 0 bridgehead atoms. The fourth-order valence-corrected chi connectivity index (χ4v) is 6.65. The lowest BCUT2D eigenvalue weighted by Crippen LogP contribution is -2.50. The minimum atomic E-state index is -4.14. The van der Waals surface area contributed by atoms with E-state index < -0.39 is 15.8 Å². The van der Waals surface area contributed by atoms with Crippen molar-refractivity contribution in [2.24, 2.45) is 0 Å². The molecule has 2 saturated heterocycles. The standard InChI is InChI=1S/C25H27N3O4S/c29-23-20-11-5-6-12-21(20)24(30)25(22(23)27-13-7-2-8-14-27)33(31,32)28-17-15-26(16-18-28)19-9-3-1-4-10-19/h1,3-6,9-12H,2,7-8,13-18H2. The first-order valence-electron chi connectivity index (χ1n) is 11.5. The maximum absolute atomic E-state index is 13.9. The largest absolute Gasteiger partial charge is 0.369 e. The molecular formula is C25H27N3O4S. The molecule has 8 heteroatoms. The molecular weight excluding hydrogens is 438 g/mol. The number of piperidine rings is 1. The van der Waals surface area contributed by atoms with Gasteiger partial charge in [-0.1, -0.05) is 42.5 Å². The van der Waals surface area contributed by atoms with Gasteiger partial charge in [0, 0.05) is 56.1 Å². The summed E-state index contributed by atoms with van der Waals surface area (Å²) in [5.74, 6) is -0.940. The van der Waals surface area contributed by atoms with E-state index in [1.165, 1.54) is 4.31 Å². The fourth-order valence-electron chi connectivity index (χ4n) is 4.94. The third-order valence-electron chi connectivity index (χ3n) is 6.68. The molecule has 7 nitrogen and oxygen atoms in total. The van der Waals surface area contributed by atoms with Gasteiger partial charge in [0.05, 0.1) is 0 Å². The molecule has 3 aliphatic rings. The van der Waals surface area contributed by atoms with Gasteiger partial charge in [-0.15, -0.1) is 0 Å². The highest BCUT2D eigenvalue weighted by atomic mass is 32.2. The molecule has 33 heavy (non-hydrogen) atoms. The van der Waals surface area contributed by atoms with E-state index >= 15 is 0 Å². The maximum atomic E-state index is 13.9. The highest BCUT2D eigenvalue weighted by Crippen LogP contribution is 2.34. The highest BCUT2D eigenvalue weighted by Gasteiger charge is 2.44. The summed E-state index contributed by atoms with van der Waals surface area (Å²) in [4.78, 5) is 30.6. The number of piperazine rings is 1. The van der Waals surface area contributed by atoms with Crippen LogP contribution in [0.4, 0.5) is 5.69 Å². The number of rotatable bonds is 4. The number of sulfonamides is 1. The summed E-state index contributed by atoms with van der Waals surface area (Å²) in [6.07, 6.45) is 2.78. The number of anilines is 1. The van der Waals surface area contributed by atoms with Crippen molar-refractivity contribution in [2.45, 2.75) is 19.3 Å². The number of nitrogens with zero attached hydrogens (tertiary/aromatic N) is 3. The zero-order chi connectivity index (χ0) is 23.0. The van der Waals surface area contributed by atoms with Gasteiger partial charge in [-0.05, 0) is 31.4 Å². The van der Waals surface area contributed by atoms with E-state index in [2.05, 4.69) is 4.90 Å². The average Bonchev–Trinajstić information content (AvgIpc) is 2.87. The number of carbonyl (C=O) groups is 2. The SMILES string of the molecule is O=C1C(N2CCCCC2)=C(S(=O)(=O)N2CCN(c3ccccc3)CC2)C(=O)c2ccccc21. The molecule has 2 fully saturated rings. The van der Waals surface area contributed by atoms with E-state index in [4.69, 9.17) is 0 Å². The van der Waals surface area contributed by atoms with Crippen LogP contribution in [0, 0.1) is 0 Å². The maximum Gasteiger partial charge on any atom is 0.249 e. The van der Waals surface area contributed by atoms with Crippen molar-refractivity contribution in [1.82, 2.24) is 9.21 Å². The Kier molecular flexibility index (Phi) is 5.80. The molecule has 1 aliphatic carbocycles. The summed E-state index contributed by atoms with van der Waals surface area (Å²) in [5, 5.41) is 0. The molecule has 2 aliphatic heterocycles. The van der Waals surface area contributed by atoms with Crippen LogP contribution in [0.2, 0.25) is 0 Å². The van der Waals surface area contributed by atoms with Crippen molar-refractivity contribution >= 4 is 27.3 Å². The normalized spacial score (nSPS) is 20.2. The van der Waals surface area contributed by atoms with Crippen LogP contribution in [0.15, 0.2) is 65.2 Å². The Balaban J connectivity index is 1.51. The van der Waals surface area contributed by atoms with Crippen LogP contribution in [0.25, 0.3) is 0 Å². The molecule has 2 aromatic carbocycles. The molecule has 0 amide bonds. The predicted octanol–water partition coefficient (Wildman–Crippen LogP) is 2.92. The van der Waals surface area contributed by atoms with Gasteiger partial charge in [-0.25, -0.2) is 8.42 Å². The van der Waals surface area contributed by atoms with E-state index in [1.54, 1.807) is 24.3 Å². The molecule has 0 saturated carbocycles. The van der Waals surface area contributed by atoms with Gasteiger partial charge in [0.15, 0.2) is 4.91 Å². The summed E-state index contributed by atoms with van der Waals surface area (Å²) in [6, 6.07) is 16.4. The van der Waals surface area contributed by atoms with Crippen LogP contribution in [0.1, 0.15) is 40.0 Å². The second-order valence-corrected chi connectivity index (χ2v) is 10.5. The van der Waals surface area contributed by atoms with Crippen LogP contribution < -0.4 is 4.90 Å². The Morgan fingerprint density at radius 1 is 0.606 bits per heavy atom. The van der Waals surface area contributed by atoms with Crippen molar-refractivity contribution in [3.8, 4) is 0 Å². The van der Waals surface area contributed by atoms with Crippen molar-refractivity contribution in [3.63, 3.8) is 0 Å². The number of hydrogen-bond acceptors (Lipinski definition) is 6. The summed E-state index contributed by atoms with van der Waals surface area (Å²) >= 11 is 0. The number of benzene rings is 2. The van der Waals surface area contributed by atoms with Crippen LogP contribution in [0.3, 0.4) is 0 Å². The second-order valence-electron chi connectivity index (χ2n) is 8.66. The number of carbonyl (C=O) groups excluding carboxylic acids is 2. The number of likely N-dealkylation sites (tertiary alicyclic amines) is 1. The van der Waals surface area contributed by atoms with Gasteiger partial charge in [0.1, 0.15) is 5.70 Å². The minimum Gasteiger partial charge on any atom is -0.369 e. The first kappa shape index (κ1) is 21.9. The molecule has 5 rings (SSSR count). The minimum absolute atomic E-state index is 0.0592. The number of fused-ring (bicyclic) bond motifs is 1. The Morgan fingerprint density at radius 3 is 1.82 bits per heavy atom. The van der Waals surface area contributed by atoms with Gasteiger partial charge >= 0.3 is 0 Å². The van der Waals surface area contributed by atoms with E-state index in [9.17, 15) is 18.0 Å². The fraction of sp³-hybridized carbons (Fsp3) is 0.360. The van der Waals surface area contributed by atoms with Crippen molar-refractivity contribution in [1.29, 1.82) is 0 Å². The first-order valence-corrected chi connectivity index (χ1v) is 12.9. The molecule has 0 spiro atoms. The lowest BCUT2D eigenvalue weighted by Gasteiger charge is -2.38. The summed E-state index contributed by atoms with van der Waals surface area (Å²) in [7, 11) is -4.14. The zero-order valence-corrected chi connectivity index (χ0v) is 19.3. The summed E-state index contributed by atoms with van der Waals surface area (Å²) < 4.78 is 29.1. The number of ketones is 2. The van der Waals surface area contributed by atoms with Gasteiger partial charge < -0.3 is 9.80 Å². The predicted molar refractivity (Wildman–Crippen MR) is 127 cm³/mol. The lowest BCUT2D eigenvalue weighted by molar-refractivity contribution is 0.0939. The molecule has 2 aromatic rings. The van der Waals surface area contributed by atoms with E-state index in [-0.39, 0.29) is 40.6 Å². The Bertz CT molecular complexity index is 1210. The van der Waals surface area contributed by atoms with Crippen LogP contribution >= 0.6 is 0 Å². The number of hydrogen-bond donors (Lipinski definition) is 0. The van der Waals surface area contributed by atoms with Crippen LogP contribution in [-0.4, -0.2) is 68.5 Å². The second kappa shape index (κ2) is 8.76. The topological polar surface area (TPSA) is 78.0 Å². The van der Waals surface area contributed by atoms with E-state index in [0.717, 1.165) is 24.9 Å². The van der Waals surface area contributed by atoms with Gasteiger partial charge in [-0.3, -0.25) is 9.59 Å². The summed E-state index contributed by atoms with van der Waals surface area (Å²) in [6.45, 7) is 2.73. The molecule has 2 heterocycles. The molecule has 0 aromatic heterocycles. The molecule has 0 N–H and O–H groups in total. The van der Waals surface area contributed by atoms with Crippen molar-refractivity contribution < 1.29 is 18.0 Å². The number of allylic oxidation sites excluding steroid dienone is 2. The van der Waals surface area contributed by atoms with Crippen LogP contribution in [-0.2, 0) is 10.0 Å². The Morgan fingerprint density at radius 2 is 1.18 bits per heavy atom. The van der Waals surface area contributed by atoms with Gasteiger partial charge in [0.2, 0.25) is 21.6 Å². The van der Waals surface area contributed by atoms with E-state index in [0.29, 0.717) is 26.2 Å². The molecule has 172 valence electrons.